The third-order valence-corrected chi connectivity index (χ3v) is 5.18. The summed E-state index contributed by atoms with van der Waals surface area (Å²) in [5.41, 5.74) is 2.44. The van der Waals surface area contributed by atoms with Gasteiger partial charge in [0.15, 0.2) is 0 Å². The zero-order chi connectivity index (χ0) is 22.8. The highest BCUT2D eigenvalue weighted by Gasteiger charge is 2.11. The zero-order valence-corrected chi connectivity index (χ0v) is 18.9. The van der Waals surface area contributed by atoms with Gasteiger partial charge in [-0.2, -0.15) is 5.26 Å². The molecule has 0 heterocycles. The molecule has 4 nitrogen and oxygen atoms in total. The molecule has 0 spiro atoms. The number of aryl methyl sites for hydroxylation is 1. The smallest absolute Gasteiger partial charge is 0.261 e. The molecule has 6 heteroatoms. The molecule has 1 amide bonds. The number of ether oxygens (including phenoxy) is 1. The maximum Gasteiger partial charge on any atom is 0.261 e. The minimum Gasteiger partial charge on any atom is -0.488 e. The largest absolute Gasteiger partial charge is 0.488 e. The lowest BCUT2D eigenvalue weighted by atomic mass is 10.1. The van der Waals surface area contributed by atoms with Gasteiger partial charge < -0.3 is 10.1 Å². The molecule has 0 atom stereocenters. The van der Waals surface area contributed by atoms with E-state index in [9.17, 15) is 14.4 Å². The van der Waals surface area contributed by atoms with Crippen molar-refractivity contribution < 1.29 is 13.9 Å². The van der Waals surface area contributed by atoms with E-state index in [4.69, 9.17) is 4.74 Å². The molecule has 162 valence electrons. The van der Waals surface area contributed by atoms with Gasteiger partial charge in [-0.15, -0.1) is 0 Å². The van der Waals surface area contributed by atoms with Crippen molar-refractivity contribution in [2.24, 2.45) is 0 Å². The molecule has 1 N–H and O–H groups in total. The lowest BCUT2D eigenvalue weighted by Crippen LogP contribution is -2.25. The van der Waals surface area contributed by atoms with Crippen LogP contribution in [0.5, 0.6) is 5.75 Å². The molecule has 3 aromatic carbocycles. The van der Waals surface area contributed by atoms with E-state index in [1.54, 1.807) is 30.3 Å². The van der Waals surface area contributed by atoms with Crippen LogP contribution in [0, 0.1) is 17.1 Å². The van der Waals surface area contributed by atoms with Crippen LogP contribution >= 0.6 is 15.9 Å². The van der Waals surface area contributed by atoms with Gasteiger partial charge in [0.1, 0.15) is 29.8 Å². The average molecular weight is 493 g/mol. The summed E-state index contributed by atoms with van der Waals surface area (Å²) in [4.78, 5) is 12.5. The molecule has 0 radical (unpaired) electrons. The van der Waals surface area contributed by atoms with Crippen LogP contribution in [0.4, 0.5) is 4.39 Å². The summed E-state index contributed by atoms with van der Waals surface area (Å²) in [6, 6.07) is 23.4. The van der Waals surface area contributed by atoms with Gasteiger partial charge in [0.05, 0.1) is 0 Å². The summed E-state index contributed by atoms with van der Waals surface area (Å²) < 4.78 is 20.0. The second kappa shape index (κ2) is 11.8. The number of nitrogens with one attached hydrogen (secondary N) is 1. The first-order valence-corrected chi connectivity index (χ1v) is 10.9. The first-order chi connectivity index (χ1) is 15.5. The monoisotopic (exact) mass is 492 g/mol. The molecular weight excluding hydrogens is 471 g/mol. The highest BCUT2D eigenvalue weighted by atomic mass is 79.9. The van der Waals surface area contributed by atoms with Crippen LogP contribution in [0.25, 0.3) is 6.08 Å². The van der Waals surface area contributed by atoms with E-state index < -0.39 is 5.91 Å². The molecule has 0 aliphatic carbocycles. The Labute approximate surface area is 195 Å². The van der Waals surface area contributed by atoms with Gasteiger partial charge in [-0.05, 0) is 60.4 Å². The standard InChI is InChI=1S/C26H22BrFN2O2/c27-23-11-12-25(32-18-20-8-4-10-24(28)14-20)21(16-23)15-22(17-29)26(31)30-13-5-9-19-6-2-1-3-7-19/h1-4,6-8,10-12,14-16H,5,9,13,18H2,(H,30,31)/b22-15-. The van der Waals surface area contributed by atoms with Crippen LogP contribution in [-0.4, -0.2) is 12.5 Å². The number of nitrogens with zero attached hydrogens (tertiary/aromatic N) is 1. The number of rotatable bonds is 9. The van der Waals surface area contributed by atoms with E-state index in [-0.39, 0.29) is 18.0 Å². The summed E-state index contributed by atoms with van der Waals surface area (Å²) in [5.74, 6) is -0.281. The van der Waals surface area contributed by atoms with Crippen molar-refractivity contribution in [3.05, 3.63) is 105 Å². The summed E-state index contributed by atoms with van der Waals surface area (Å²) >= 11 is 3.41. The summed E-state index contributed by atoms with van der Waals surface area (Å²) in [7, 11) is 0. The van der Waals surface area contributed by atoms with Crippen LogP contribution in [0.15, 0.2) is 82.8 Å². The van der Waals surface area contributed by atoms with E-state index in [1.807, 2.05) is 36.4 Å². The van der Waals surface area contributed by atoms with Crippen LogP contribution < -0.4 is 10.1 Å². The molecule has 0 saturated carbocycles. The average Bonchev–Trinajstić information content (AvgIpc) is 2.80. The number of carbonyl (C=O) groups is 1. The predicted molar refractivity (Wildman–Crippen MR) is 126 cm³/mol. The van der Waals surface area contributed by atoms with Gasteiger partial charge >= 0.3 is 0 Å². The molecule has 0 saturated heterocycles. The Hall–Kier alpha value is -3.43. The number of halogens is 2. The number of hydrogen-bond donors (Lipinski definition) is 1. The van der Waals surface area contributed by atoms with Gasteiger partial charge in [0, 0.05) is 16.6 Å². The third-order valence-electron chi connectivity index (χ3n) is 4.69. The molecule has 0 aromatic heterocycles. The molecule has 0 unspecified atom stereocenters. The summed E-state index contributed by atoms with van der Waals surface area (Å²) in [5, 5.41) is 12.3. The summed E-state index contributed by atoms with van der Waals surface area (Å²) in [6.45, 7) is 0.627. The van der Waals surface area contributed by atoms with E-state index in [0.717, 1.165) is 17.3 Å². The van der Waals surface area contributed by atoms with Gasteiger partial charge in [0.25, 0.3) is 5.91 Å². The van der Waals surface area contributed by atoms with Crippen LogP contribution in [0.1, 0.15) is 23.1 Å². The fourth-order valence-corrected chi connectivity index (χ4v) is 3.47. The number of nitriles is 1. The van der Waals surface area contributed by atoms with Crippen LogP contribution in [-0.2, 0) is 17.8 Å². The Balaban J connectivity index is 1.65. The SMILES string of the molecule is N#C/C(=C/c1cc(Br)ccc1OCc1cccc(F)c1)C(=O)NCCCc1ccccc1. The van der Waals surface area contributed by atoms with Gasteiger partial charge in [-0.25, -0.2) is 4.39 Å². The van der Waals surface area contributed by atoms with Crippen LogP contribution in [0.3, 0.4) is 0 Å². The molecule has 0 aliphatic rings. The maximum atomic E-state index is 13.4. The highest BCUT2D eigenvalue weighted by Crippen LogP contribution is 2.26. The highest BCUT2D eigenvalue weighted by molar-refractivity contribution is 9.10. The number of amides is 1. The molecule has 0 fully saturated rings. The normalized spacial score (nSPS) is 11.0. The Morgan fingerprint density at radius 1 is 1.06 bits per heavy atom. The molecule has 3 rings (SSSR count). The number of hydrogen-bond acceptors (Lipinski definition) is 3. The van der Waals surface area contributed by atoms with Crippen molar-refractivity contribution in [1.29, 1.82) is 5.26 Å². The van der Waals surface area contributed by atoms with E-state index in [2.05, 4.69) is 21.2 Å². The van der Waals surface area contributed by atoms with Crippen molar-refractivity contribution in [2.75, 3.05) is 6.54 Å². The molecular formula is C26H22BrFN2O2. The van der Waals surface area contributed by atoms with Crippen molar-refractivity contribution in [1.82, 2.24) is 5.32 Å². The van der Waals surface area contributed by atoms with Gasteiger partial charge in [-0.3, -0.25) is 4.79 Å². The fourth-order valence-electron chi connectivity index (χ4n) is 3.09. The molecule has 0 bridgehead atoms. The second-order valence-electron chi connectivity index (χ2n) is 7.12. The number of carbonyl (C=O) groups excluding carboxylic acids is 1. The van der Waals surface area contributed by atoms with Crippen molar-refractivity contribution in [3.8, 4) is 11.8 Å². The zero-order valence-electron chi connectivity index (χ0n) is 17.4. The van der Waals surface area contributed by atoms with Gasteiger partial charge in [-0.1, -0.05) is 58.4 Å². The lowest BCUT2D eigenvalue weighted by molar-refractivity contribution is -0.117. The second-order valence-corrected chi connectivity index (χ2v) is 8.03. The Kier molecular flexibility index (Phi) is 8.59. The molecule has 32 heavy (non-hydrogen) atoms. The maximum absolute atomic E-state index is 13.4. The first-order valence-electron chi connectivity index (χ1n) is 10.2. The minimum atomic E-state index is -0.434. The Morgan fingerprint density at radius 3 is 2.59 bits per heavy atom. The Bertz CT molecular complexity index is 1140. The van der Waals surface area contributed by atoms with Crippen molar-refractivity contribution >= 4 is 27.9 Å². The number of benzene rings is 3. The third kappa shape index (κ3) is 7.07. The summed E-state index contributed by atoms with van der Waals surface area (Å²) in [6.07, 6.45) is 3.11. The Morgan fingerprint density at radius 2 is 1.84 bits per heavy atom. The molecule has 3 aromatic rings. The van der Waals surface area contributed by atoms with E-state index >= 15 is 0 Å². The quantitative estimate of drug-likeness (QED) is 0.232. The predicted octanol–water partition coefficient (Wildman–Crippen LogP) is 5.82. The van der Waals surface area contributed by atoms with E-state index in [0.29, 0.717) is 23.4 Å². The van der Waals surface area contributed by atoms with Crippen molar-refractivity contribution in [2.45, 2.75) is 19.4 Å². The first kappa shape index (κ1) is 23.2. The van der Waals surface area contributed by atoms with Gasteiger partial charge in [0.2, 0.25) is 0 Å². The topological polar surface area (TPSA) is 62.1 Å². The van der Waals surface area contributed by atoms with Crippen molar-refractivity contribution in [3.63, 3.8) is 0 Å². The van der Waals surface area contributed by atoms with Crippen LogP contribution in [0.2, 0.25) is 0 Å². The minimum absolute atomic E-state index is 0.0154. The van der Waals surface area contributed by atoms with E-state index in [1.165, 1.54) is 23.8 Å². The fraction of sp³-hybridized carbons (Fsp3) is 0.154. The lowest BCUT2D eigenvalue weighted by Gasteiger charge is -2.11. The molecule has 0 aliphatic heterocycles.